The molecule has 1 fully saturated rings. The Hall–Kier alpha value is -2.77. The van der Waals surface area contributed by atoms with Crippen LogP contribution in [0.1, 0.15) is 27.2 Å². The van der Waals surface area contributed by atoms with Gasteiger partial charge in [0.1, 0.15) is 12.7 Å². The summed E-state index contributed by atoms with van der Waals surface area (Å²) >= 11 is 1.02. The third-order valence-electron chi connectivity index (χ3n) is 4.50. The first-order valence-electron chi connectivity index (χ1n) is 9.94. The Bertz CT molecular complexity index is 835. The number of anilines is 1. The minimum Gasteiger partial charge on any atom is -0.478 e. The van der Waals surface area contributed by atoms with Crippen molar-refractivity contribution in [3.8, 4) is 5.88 Å². The Balaban J connectivity index is 1.99. The standard InChI is InChI=1S/C19H28N4O8S/c1-12(24)31-14(10-20-19(2,3)9-13(18(27)28)8-15(25)26)11-30-17-16(21-32-22-17)23-4-6-29-7-5-23/h8,14,20H,4-7,9-11H2,1-3H3,(H,25,26)(H,27,28)/b13-8-/t14-/m0/s1. The smallest absolute Gasteiger partial charge is 0.331 e. The highest BCUT2D eigenvalue weighted by Gasteiger charge is 2.26. The molecule has 1 aliphatic heterocycles. The van der Waals surface area contributed by atoms with Crippen molar-refractivity contribution in [2.45, 2.75) is 38.8 Å². The van der Waals surface area contributed by atoms with Crippen LogP contribution < -0.4 is 15.0 Å². The van der Waals surface area contributed by atoms with Gasteiger partial charge in [0.25, 0.3) is 5.88 Å². The van der Waals surface area contributed by atoms with E-state index < -0.39 is 29.6 Å². The van der Waals surface area contributed by atoms with E-state index in [0.29, 0.717) is 44.1 Å². The molecule has 2 rings (SSSR count). The number of nitrogens with zero attached hydrogens (tertiary/aromatic N) is 3. The number of esters is 1. The van der Waals surface area contributed by atoms with Gasteiger partial charge in [-0.3, -0.25) is 4.79 Å². The van der Waals surface area contributed by atoms with Crippen LogP contribution in [0.3, 0.4) is 0 Å². The van der Waals surface area contributed by atoms with Crippen molar-refractivity contribution in [1.82, 2.24) is 14.1 Å². The highest BCUT2D eigenvalue weighted by Crippen LogP contribution is 2.26. The fourth-order valence-corrected chi connectivity index (χ4v) is 3.56. The summed E-state index contributed by atoms with van der Waals surface area (Å²) in [7, 11) is 0. The molecule has 0 spiro atoms. The highest BCUT2D eigenvalue weighted by atomic mass is 32.1. The van der Waals surface area contributed by atoms with Gasteiger partial charge in [-0.05, 0) is 20.3 Å². The second-order valence-electron chi connectivity index (χ2n) is 7.79. The molecule has 32 heavy (non-hydrogen) atoms. The largest absolute Gasteiger partial charge is 0.478 e. The second-order valence-corrected chi connectivity index (χ2v) is 8.32. The molecule has 0 unspecified atom stereocenters. The zero-order chi connectivity index (χ0) is 23.7. The molecule has 13 heteroatoms. The minimum absolute atomic E-state index is 0.00215. The van der Waals surface area contributed by atoms with E-state index in [4.69, 9.17) is 19.3 Å². The first kappa shape index (κ1) is 25.5. The number of hydrogen-bond acceptors (Lipinski definition) is 11. The number of carboxylic acids is 2. The van der Waals surface area contributed by atoms with E-state index in [9.17, 15) is 19.5 Å². The summed E-state index contributed by atoms with van der Waals surface area (Å²) in [5, 5.41) is 21.2. The van der Waals surface area contributed by atoms with Crippen LogP contribution in [0.15, 0.2) is 11.6 Å². The molecule has 12 nitrogen and oxygen atoms in total. The molecule has 0 aliphatic carbocycles. The molecule has 1 aromatic rings. The molecule has 3 N–H and O–H groups in total. The summed E-state index contributed by atoms with van der Waals surface area (Å²) < 4.78 is 24.9. The minimum atomic E-state index is -1.34. The highest BCUT2D eigenvalue weighted by molar-refractivity contribution is 6.99. The van der Waals surface area contributed by atoms with Gasteiger partial charge >= 0.3 is 17.9 Å². The number of rotatable bonds is 12. The first-order valence-corrected chi connectivity index (χ1v) is 10.7. The number of carboxylic acid groups (broad SMARTS) is 2. The fourth-order valence-electron chi connectivity index (χ4n) is 3.04. The first-order chi connectivity index (χ1) is 15.1. The number of aliphatic carboxylic acids is 2. The fraction of sp³-hybridized carbons (Fsp3) is 0.632. The molecule has 0 aromatic carbocycles. The SMILES string of the molecule is CC(=O)O[C@@H](CNC(C)(C)C/C(=C/C(=O)O)C(=O)O)COc1nsnc1N1CCOCC1. The summed E-state index contributed by atoms with van der Waals surface area (Å²) in [4.78, 5) is 35.7. The van der Waals surface area contributed by atoms with E-state index in [-0.39, 0.29) is 25.1 Å². The maximum atomic E-state index is 11.5. The zero-order valence-corrected chi connectivity index (χ0v) is 19.0. The zero-order valence-electron chi connectivity index (χ0n) is 18.2. The van der Waals surface area contributed by atoms with Crippen LogP contribution in [-0.2, 0) is 23.9 Å². The van der Waals surface area contributed by atoms with E-state index in [2.05, 4.69) is 14.1 Å². The Morgan fingerprint density at radius 2 is 1.97 bits per heavy atom. The van der Waals surface area contributed by atoms with Crippen molar-refractivity contribution in [3.05, 3.63) is 11.6 Å². The summed E-state index contributed by atoms with van der Waals surface area (Å²) in [6.07, 6.45) is -0.0805. The van der Waals surface area contributed by atoms with Gasteiger partial charge < -0.3 is 34.6 Å². The Labute approximate surface area is 189 Å². The van der Waals surface area contributed by atoms with Gasteiger partial charge in [-0.1, -0.05) is 0 Å². The van der Waals surface area contributed by atoms with Crippen molar-refractivity contribution in [1.29, 1.82) is 0 Å². The van der Waals surface area contributed by atoms with Gasteiger partial charge in [0, 0.05) is 43.7 Å². The Kier molecular flexibility index (Phi) is 9.35. The van der Waals surface area contributed by atoms with Gasteiger partial charge in [-0.15, -0.1) is 4.37 Å². The van der Waals surface area contributed by atoms with E-state index >= 15 is 0 Å². The van der Waals surface area contributed by atoms with Crippen LogP contribution in [0.5, 0.6) is 5.88 Å². The van der Waals surface area contributed by atoms with Crippen molar-refractivity contribution in [2.75, 3.05) is 44.4 Å². The number of carbonyl (C=O) groups is 3. The summed E-state index contributed by atoms with van der Waals surface area (Å²) in [6, 6.07) is 0. The van der Waals surface area contributed by atoms with Crippen LogP contribution in [0.25, 0.3) is 0 Å². The average Bonchev–Trinajstić information content (AvgIpc) is 3.18. The lowest BCUT2D eigenvalue weighted by atomic mass is 9.94. The van der Waals surface area contributed by atoms with E-state index in [1.54, 1.807) is 13.8 Å². The normalized spacial score (nSPS) is 15.8. The summed E-state index contributed by atoms with van der Waals surface area (Å²) in [5.74, 6) is -2.20. The van der Waals surface area contributed by atoms with Gasteiger partial charge in [0.05, 0.1) is 24.9 Å². The van der Waals surface area contributed by atoms with E-state index in [0.717, 1.165) is 11.7 Å². The van der Waals surface area contributed by atoms with Gasteiger partial charge in [-0.2, -0.15) is 4.37 Å². The third kappa shape index (κ3) is 8.40. The predicted molar refractivity (Wildman–Crippen MR) is 114 cm³/mol. The van der Waals surface area contributed by atoms with Crippen molar-refractivity contribution in [2.24, 2.45) is 0 Å². The lowest BCUT2D eigenvalue weighted by Gasteiger charge is -2.29. The van der Waals surface area contributed by atoms with Gasteiger partial charge in [-0.25, -0.2) is 9.59 Å². The number of carbonyl (C=O) groups excluding carboxylic acids is 1. The molecule has 0 radical (unpaired) electrons. The molecule has 2 heterocycles. The molecule has 0 amide bonds. The van der Waals surface area contributed by atoms with Crippen LogP contribution in [0, 0.1) is 0 Å². The molecular weight excluding hydrogens is 444 g/mol. The average molecular weight is 473 g/mol. The van der Waals surface area contributed by atoms with Crippen molar-refractivity contribution >= 4 is 35.5 Å². The Morgan fingerprint density at radius 1 is 1.28 bits per heavy atom. The lowest BCUT2D eigenvalue weighted by molar-refractivity contribution is -0.147. The predicted octanol–water partition coefficient (Wildman–Crippen LogP) is 0.539. The Morgan fingerprint density at radius 3 is 2.56 bits per heavy atom. The maximum absolute atomic E-state index is 11.5. The molecule has 1 aromatic heterocycles. The number of hydrogen-bond donors (Lipinski definition) is 3. The van der Waals surface area contributed by atoms with E-state index in [1.807, 2.05) is 4.90 Å². The van der Waals surface area contributed by atoms with Crippen molar-refractivity contribution < 1.29 is 38.8 Å². The van der Waals surface area contributed by atoms with Crippen molar-refractivity contribution in [3.63, 3.8) is 0 Å². The molecule has 0 saturated carbocycles. The second kappa shape index (κ2) is 11.7. The molecular formula is C19H28N4O8S. The molecule has 0 bridgehead atoms. The van der Waals surface area contributed by atoms with Crippen LogP contribution in [0.4, 0.5) is 5.82 Å². The molecule has 1 aliphatic rings. The molecule has 1 saturated heterocycles. The van der Waals surface area contributed by atoms with Crippen LogP contribution in [-0.4, -0.2) is 88.0 Å². The lowest BCUT2D eigenvalue weighted by Crippen LogP contribution is -2.46. The van der Waals surface area contributed by atoms with Gasteiger partial charge in [0.2, 0.25) is 5.82 Å². The number of morpholine rings is 1. The molecule has 178 valence electrons. The topological polar surface area (TPSA) is 160 Å². The van der Waals surface area contributed by atoms with E-state index in [1.165, 1.54) is 6.92 Å². The number of nitrogens with one attached hydrogen (secondary N) is 1. The summed E-state index contributed by atoms with van der Waals surface area (Å²) in [5.41, 5.74) is -1.04. The van der Waals surface area contributed by atoms with Crippen LogP contribution >= 0.6 is 11.7 Å². The maximum Gasteiger partial charge on any atom is 0.331 e. The molecule has 1 atom stereocenters. The third-order valence-corrected chi connectivity index (χ3v) is 5.01. The monoisotopic (exact) mass is 472 g/mol. The number of aromatic nitrogens is 2. The number of ether oxygens (including phenoxy) is 3. The quantitative estimate of drug-likeness (QED) is 0.286. The summed E-state index contributed by atoms with van der Waals surface area (Å²) in [6.45, 7) is 7.37. The van der Waals surface area contributed by atoms with Gasteiger partial charge in [0.15, 0.2) is 0 Å². The van der Waals surface area contributed by atoms with Crippen LogP contribution in [0.2, 0.25) is 0 Å².